The number of aliphatic hydroxyl groups excluding tert-OH is 3. The molecule has 0 aromatic heterocycles. The van der Waals surface area contributed by atoms with Gasteiger partial charge in [-0.2, -0.15) is 0 Å². The standard InChI is InChI=1S/C11H13ClO4/c12-9-2-1-7(5-8(9)6-14)11(16)10(15)3-4-13/h1-2,5-6,10-11,13,15-16H,3-4H2. The first-order chi connectivity index (χ1) is 7.60. The largest absolute Gasteiger partial charge is 0.396 e. The van der Waals surface area contributed by atoms with E-state index in [0.717, 1.165) is 0 Å². The third-order valence-corrected chi connectivity index (χ3v) is 2.62. The second-order valence-electron chi connectivity index (χ2n) is 3.42. The molecule has 0 bridgehead atoms. The smallest absolute Gasteiger partial charge is 0.151 e. The van der Waals surface area contributed by atoms with Gasteiger partial charge in [-0.3, -0.25) is 4.79 Å². The molecule has 1 aromatic rings. The Balaban J connectivity index is 2.91. The lowest BCUT2D eigenvalue weighted by Crippen LogP contribution is -2.19. The molecule has 0 saturated heterocycles. The van der Waals surface area contributed by atoms with Crippen LogP contribution in [0.1, 0.15) is 28.4 Å². The third-order valence-electron chi connectivity index (χ3n) is 2.28. The van der Waals surface area contributed by atoms with E-state index in [1.54, 1.807) is 0 Å². The lowest BCUT2D eigenvalue weighted by Gasteiger charge is -2.17. The molecule has 2 unspecified atom stereocenters. The number of benzene rings is 1. The Hall–Kier alpha value is -0.940. The van der Waals surface area contributed by atoms with Crippen LogP contribution in [-0.2, 0) is 0 Å². The summed E-state index contributed by atoms with van der Waals surface area (Å²) in [5.41, 5.74) is 0.655. The maximum Gasteiger partial charge on any atom is 0.151 e. The van der Waals surface area contributed by atoms with Crippen LogP contribution in [0, 0.1) is 0 Å². The summed E-state index contributed by atoms with van der Waals surface area (Å²) in [6.07, 6.45) is -1.55. The van der Waals surface area contributed by atoms with E-state index in [1.165, 1.54) is 18.2 Å². The van der Waals surface area contributed by atoms with Crippen molar-refractivity contribution >= 4 is 17.9 Å². The molecule has 1 aromatic carbocycles. The highest BCUT2D eigenvalue weighted by Gasteiger charge is 2.18. The second-order valence-corrected chi connectivity index (χ2v) is 3.83. The number of aldehydes is 1. The Morgan fingerprint density at radius 2 is 2.06 bits per heavy atom. The van der Waals surface area contributed by atoms with Gasteiger partial charge in [0.1, 0.15) is 6.10 Å². The van der Waals surface area contributed by atoms with Gasteiger partial charge in [0.25, 0.3) is 0 Å². The molecule has 0 fully saturated rings. The summed E-state index contributed by atoms with van der Waals surface area (Å²) < 4.78 is 0. The van der Waals surface area contributed by atoms with E-state index in [9.17, 15) is 15.0 Å². The van der Waals surface area contributed by atoms with Crippen molar-refractivity contribution in [1.29, 1.82) is 0 Å². The van der Waals surface area contributed by atoms with Crippen molar-refractivity contribution < 1.29 is 20.1 Å². The van der Waals surface area contributed by atoms with Crippen LogP contribution < -0.4 is 0 Å². The van der Waals surface area contributed by atoms with Crippen molar-refractivity contribution in [2.24, 2.45) is 0 Å². The van der Waals surface area contributed by atoms with Crippen LogP contribution in [0.25, 0.3) is 0 Å². The van der Waals surface area contributed by atoms with Crippen LogP contribution in [0.4, 0.5) is 0 Å². The summed E-state index contributed by atoms with van der Waals surface area (Å²) in [6.45, 7) is -0.216. The summed E-state index contributed by atoms with van der Waals surface area (Å²) in [5, 5.41) is 28.1. The number of halogens is 1. The Morgan fingerprint density at radius 1 is 1.38 bits per heavy atom. The number of aliphatic hydroxyl groups is 3. The van der Waals surface area contributed by atoms with E-state index in [0.29, 0.717) is 16.9 Å². The van der Waals surface area contributed by atoms with Gasteiger partial charge in [0.15, 0.2) is 6.29 Å². The van der Waals surface area contributed by atoms with Gasteiger partial charge in [-0.15, -0.1) is 0 Å². The van der Waals surface area contributed by atoms with E-state index in [4.69, 9.17) is 16.7 Å². The average Bonchev–Trinajstić information content (AvgIpc) is 2.29. The van der Waals surface area contributed by atoms with Gasteiger partial charge in [0.2, 0.25) is 0 Å². The molecule has 0 amide bonds. The molecular formula is C11H13ClO4. The summed E-state index contributed by atoms with van der Waals surface area (Å²) in [6, 6.07) is 4.43. The van der Waals surface area contributed by atoms with Crippen molar-refractivity contribution in [3.8, 4) is 0 Å². The minimum atomic E-state index is -1.14. The van der Waals surface area contributed by atoms with Crippen LogP contribution in [-0.4, -0.2) is 34.3 Å². The maximum atomic E-state index is 10.6. The molecular weight excluding hydrogens is 232 g/mol. The third kappa shape index (κ3) is 3.02. The first-order valence-electron chi connectivity index (χ1n) is 4.81. The van der Waals surface area contributed by atoms with Gasteiger partial charge in [0.05, 0.1) is 11.1 Å². The summed E-state index contributed by atoms with van der Waals surface area (Å²) in [5.74, 6) is 0. The highest BCUT2D eigenvalue weighted by Crippen LogP contribution is 2.23. The zero-order valence-corrected chi connectivity index (χ0v) is 9.26. The quantitative estimate of drug-likeness (QED) is 0.674. The van der Waals surface area contributed by atoms with E-state index < -0.39 is 12.2 Å². The predicted molar refractivity (Wildman–Crippen MR) is 59.5 cm³/mol. The monoisotopic (exact) mass is 244 g/mol. The Morgan fingerprint density at radius 3 is 2.62 bits per heavy atom. The minimum absolute atomic E-state index is 0.0697. The SMILES string of the molecule is O=Cc1cc(C(O)C(O)CCO)ccc1Cl. The molecule has 0 saturated carbocycles. The normalized spacial score (nSPS) is 14.5. The van der Waals surface area contributed by atoms with E-state index in [1.807, 2.05) is 0 Å². The molecule has 3 N–H and O–H groups in total. The number of hydrogen-bond acceptors (Lipinski definition) is 4. The lowest BCUT2D eigenvalue weighted by atomic mass is 10.0. The van der Waals surface area contributed by atoms with E-state index >= 15 is 0 Å². The number of rotatable bonds is 5. The fourth-order valence-electron chi connectivity index (χ4n) is 1.35. The number of carbonyl (C=O) groups is 1. The van der Waals surface area contributed by atoms with Gasteiger partial charge >= 0.3 is 0 Å². The second kappa shape index (κ2) is 5.96. The van der Waals surface area contributed by atoms with Crippen LogP contribution >= 0.6 is 11.6 Å². The van der Waals surface area contributed by atoms with Gasteiger partial charge in [-0.1, -0.05) is 17.7 Å². The Labute approximate surface area is 98.1 Å². The van der Waals surface area contributed by atoms with Crippen LogP contribution in [0.15, 0.2) is 18.2 Å². The van der Waals surface area contributed by atoms with Crippen molar-refractivity contribution in [2.45, 2.75) is 18.6 Å². The van der Waals surface area contributed by atoms with Gasteiger partial charge < -0.3 is 15.3 Å². The highest BCUT2D eigenvalue weighted by atomic mass is 35.5. The minimum Gasteiger partial charge on any atom is -0.396 e. The average molecular weight is 245 g/mol. The zero-order valence-electron chi connectivity index (χ0n) is 8.51. The van der Waals surface area contributed by atoms with Crippen molar-refractivity contribution in [1.82, 2.24) is 0 Å². The molecule has 0 aliphatic carbocycles. The number of carbonyl (C=O) groups excluding carboxylic acids is 1. The fourth-order valence-corrected chi connectivity index (χ4v) is 1.51. The molecule has 0 spiro atoms. The molecule has 0 radical (unpaired) electrons. The molecule has 16 heavy (non-hydrogen) atoms. The topological polar surface area (TPSA) is 77.8 Å². The molecule has 0 aliphatic heterocycles. The Bertz CT molecular complexity index is 367. The van der Waals surface area contributed by atoms with Crippen LogP contribution in [0.3, 0.4) is 0 Å². The van der Waals surface area contributed by atoms with Crippen molar-refractivity contribution in [3.05, 3.63) is 34.3 Å². The molecule has 0 heterocycles. The van der Waals surface area contributed by atoms with Crippen molar-refractivity contribution in [2.75, 3.05) is 6.61 Å². The van der Waals surface area contributed by atoms with Gasteiger partial charge in [-0.05, 0) is 24.1 Å². The molecule has 1 rings (SSSR count). The van der Waals surface area contributed by atoms with Crippen LogP contribution in [0.5, 0.6) is 0 Å². The fraction of sp³-hybridized carbons (Fsp3) is 0.364. The van der Waals surface area contributed by atoms with Gasteiger partial charge in [-0.25, -0.2) is 0 Å². The summed E-state index contributed by atoms with van der Waals surface area (Å²) in [4.78, 5) is 10.6. The van der Waals surface area contributed by atoms with Crippen LogP contribution in [0.2, 0.25) is 5.02 Å². The van der Waals surface area contributed by atoms with Gasteiger partial charge in [0, 0.05) is 12.2 Å². The lowest BCUT2D eigenvalue weighted by molar-refractivity contribution is 0.00419. The molecule has 0 aliphatic rings. The first kappa shape index (κ1) is 13.1. The number of hydrogen-bond donors (Lipinski definition) is 3. The summed E-state index contributed by atoms with van der Waals surface area (Å²) in [7, 11) is 0. The van der Waals surface area contributed by atoms with E-state index in [-0.39, 0.29) is 18.6 Å². The highest BCUT2D eigenvalue weighted by molar-refractivity contribution is 6.32. The predicted octanol–water partition coefficient (Wildman–Crippen LogP) is 0.929. The summed E-state index contributed by atoms with van der Waals surface area (Å²) >= 11 is 5.73. The molecule has 5 heteroatoms. The van der Waals surface area contributed by atoms with E-state index in [2.05, 4.69) is 0 Å². The molecule has 88 valence electrons. The first-order valence-corrected chi connectivity index (χ1v) is 5.19. The zero-order chi connectivity index (χ0) is 12.1. The molecule has 2 atom stereocenters. The molecule has 4 nitrogen and oxygen atoms in total. The van der Waals surface area contributed by atoms with Crippen molar-refractivity contribution in [3.63, 3.8) is 0 Å². The maximum absolute atomic E-state index is 10.6. The Kier molecular flexibility index (Phi) is 4.89.